The molecule has 0 unspecified atom stereocenters. The third-order valence-electron chi connectivity index (χ3n) is 4.38. The Morgan fingerprint density at radius 2 is 1.72 bits per heavy atom. The zero-order valence-corrected chi connectivity index (χ0v) is 15.1. The van der Waals surface area contributed by atoms with E-state index in [-0.39, 0.29) is 12.4 Å². The maximum absolute atomic E-state index is 11.5. The Morgan fingerprint density at radius 3 is 2.40 bits per heavy atom. The highest BCUT2D eigenvalue weighted by Crippen LogP contribution is 2.37. The van der Waals surface area contributed by atoms with Gasteiger partial charge in [-0.1, -0.05) is 70.1 Å². The van der Waals surface area contributed by atoms with Crippen molar-refractivity contribution in [2.45, 2.75) is 71.1 Å². The summed E-state index contributed by atoms with van der Waals surface area (Å²) in [5, 5.41) is 9.40. The second kappa shape index (κ2) is 10.7. The summed E-state index contributed by atoms with van der Waals surface area (Å²) >= 11 is 0. The predicted molar refractivity (Wildman–Crippen MR) is 98.2 cm³/mol. The van der Waals surface area contributed by atoms with Crippen molar-refractivity contribution in [3.8, 4) is 23.3 Å². The molecule has 0 amide bonds. The van der Waals surface area contributed by atoms with E-state index in [9.17, 15) is 9.90 Å². The third kappa shape index (κ3) is 6.01. The van der Waals surface area contributed by atoms with Crippen LogP contribution in [0.25, 0.3) is 0 Å². The minimum Gasteiger partial charge on any atom is -0.478 e. The number of carbonyl (C=O) groups is 1. The van der Waals surface area contributed by atoms with Crippen LogP contribution >= 0.6 is 0 Å². The van der Waals surface area contributed by atoms with Crippen molar-refractivity contribution < 1.29 is 19.4 Å². The van der Waals surface area contributed by atoms with Crippen molar-refractivity contribution in [1.82, 2.24) is 0 Å². The van der Waals surface area contributed by atoms with Gasteiger partial charge >= 0.3 is 5.97 Å². The van der Waals surface area contributed by atoms with Crippen LogP contribution in [0.1, 0.15) is 87.1 Å². The van der Waals surface area contributed by atoms with E-state index < -0.39 is 5.97 Å². The van der Waals surface area contributed by atoms with Gasteiger partial charge in [0.15, 0.2) is 11.5 Å². The van der Waals surface area contributed by atoms with Gasteiger partial charge < -0.3 is 14.6 Å². The Morgan fingerprint density at radius 1 is 1.04 bits per heavy atom. The fourth-order valence-electron chi connectivity index (χ4n) is 2.97. The predicted octanol–water partition coefficient (Wildman–Crippen LogP) is 5.39. The fourth-order valence-corrected chi connectivity index (χ4v) is 2.97. The number of unbranched alkanes of at least 4 members (excludes halogenated alkanes) is 9. The monoisotopic (exact) mass is 344 g/mol. The van der Waals surface area contributed by atoms with Crippen LogP contribution in [-0.4, -0.2) is 17.9 Å². The first-order chi connectivity index (χ1) is 12.2. The van der Waals surface area contributed by atoms with Gasteiger partial charge in [-0.15, -0.1) is 0 Å². The van der Waals surface area contributed by atoms with Crippen molar-refractivity contribution in [2.75, 3.05) is 6.79 Å². The summed E-state index contributed by atoms with van der Waals surface area (Å²) in [7, 11) is 0. The van der Waals surface area contributed by atoms with E-state index in [1.165, 1.54) is 51.4 Å². The summed E-state index contributed by atoms with van der Waals surface area (Å²) in [6.07, 6.45) is 12.3. The first-order valence-electron chi connectivity index (χ1n) is 9.38. The van der Waals surface area contributed by atoms with E-state index in [0.717, 1.165) is 12.8 Å². The van der Waals surface area contributed by atoms with Crippen LogP contribution in [0, 0.1) is 11.8 Å². The number of benzene rings is 1. The smallest absolute Gasteiger partial charge is 0.340 e. The first-order valence-corrected chi connectivity index (χ1v) is 9.38. The van der Waals surface area contributed by atoms with Crippen molar-refractivity contribution in [2.24, 2.45) is 0 Å². The van der Waals surface area contributed by atoms with Gasteiger partial charge in [-0.25, -0.2) is 4.79 Å². The molecular formula is C21H28O4. The highest BCUT2D eigenvalue weighted by molar-refractivity contribution is 5.95. The number of aromatic carboxylic acids is 1. The molecule has 0 saturated heterocycles. The van der Waals surface area contributed by atoms with Gasteiger partial charge in [-0.2, -0.15) is 0 Å². The Hall–Kier alpha value is -2.15. The van der Waals surface area contributed by atoms with Crippen LogP contribution in [0.5, 0.6) is 11.5 Å². The lowest BCUT2D eigenvalue weighted by atomic mass is 10.0. The SMILES string of the molecule is CCCCCCCCCCCC#Cc1ccc2c(c1C(=O)O)OCO2. The van der Waals surface area contributed by atoms with Crippen molar-refractivity contribution in [3.05, 3.63) is 23.3 Å². The number of hydrogen-bond donors (Lipinski definition) is 1. The molecule has 0 spiro atoms. The summed E-state index contributed by atoms with van der Waals surface area (Å²) in [6.45, 7) is 2.30. The van der Waals surface area contributed by atoms with Crippen LogP contribution in [0.15, 0.2) is 12.1 Å². The summed E-state index contributed by atoms with van der Waals surface area (Å²) in [5.74, 6) is 5.82. The highest BCUT2D eigenvalue weighted by Gasteiger charge is 2.24. The normalized spacial score (nSPS) is 11.9. The summed E-state index contributed by atoms with van der Waals surface area (Å²) in [4.78, 5) is 11.5. The molecule has 0 aromatic heterocycles. The number of carboxylic acids is 1. The number of fused-ring (bicyclic) bond motifs is 1. The van der Waals surface area contributed by atoms with Gasteiger partial charge in [-0.3, -0.25) is 0 Å². The average Bonchev–Trinajstić information content (AvgIpc) is 3.07. The lowest BCUT2D eigenvalue weighted by Crippen LogP contribution is -2.02. The van der Waals surface area contributed by atoms with Gasteiger partial charge in [0.2, 0.25) is 6.79 Å². The molecule has 1 aliphatic heterocycles. The molecular weight excluding hydrogens is 316 g/mol. The summed E-state index contributed by atoms with van der Waals surface area (Å²) < 4.78 is 10.5. The van der Waals surface area contributed by atoms with E-state index in [0.29, 0.717) is 17.1 Å². The van der Waals surface area contributed by atoms with Gasteiger partial charge in [0.25, 0.3) is 0 Å². The number of carboxylic acid groups (broad SMARTS) is 1. The number of hydrogen-bond acceptors (Lipinski definition) is 3. The molecule has 1 heterocycles. The number of rotatable bonds is 10. The maximum atomic E-state index is 11.5. The Bertz CT molecular complexity index is 625. The van der Waals surface area contributed by atoms with E-state index in [2.05, 4.69) is 18.8 Å². The molecule has 2 rings (SSSR count). The molecule has 1 aromatic carbocycles. The Kier molecular flexibility index (Phi) is 8.18. The maximum Gasteiger partial charge on any atom is 0.340 e. The van der Waals surface area contributed by atoms with Gasteiger partial charge in [0.1, 0.15) is 5.56 Å². The summed E-state index contributed by atoms with van der Waals surface area (Å²) in [6, 6.07) is 3.41. The molecule has 4 nitrogen and oxygen atoms in total. The molecule has 0 aliphatic carbocycles. The lowest BCUT2D eigenvalue weighted by Gasteiger charge is -2.03. The molecule has 1 N–H and O–H groups in total. The average molecular weight is 344 g/mol. The minimum atomic E-state index is -1.03. The standard InChI is InChI=1S/C21H28O4/c1-2-3-4-5-6-7-8-9-10-11-12-13-17-14-15-18-20(25-16-24-18)19(17)21(22)23/h14-15H,2-11,16H2,1H3,(H,22,23). The zero-order chi connectivity index (χ0) is 17.9. The molecule has 25 heavy (non-hydrogen) atoms. The van der Waals surface area contributed by atoms with Crippen LogP contribution in [0.4, 0.5) is 0 Å². The van der Waals surface area contributed by atoms with E-state index in [1.807, 2.05) is 0 Å². The highest BCUT2D eigenvalue weighted by atomic mass is 16.7. The molecule has 1 aliphatic rings. The Balaban J connectivity index is 1.72. The zero-order valence-electron chi connectivity index (χ0n) is 15.1. The van der Waals surface area contributed by atoms with Gasteiger partial charge in [-0.05, 0) is 18.6 Å². The molecule has 0 fully saturated rings. The second-order valence-corrected chi connectivity index (χ2v) is 6.41. The third-order valence-corrected chi connectivity index (χ3v) is 4.38. The fraction of sp³-hybridized carbons (Fsp3) is 0.571. The van der Waals surface area contributed by atoms with Crippen LogP contribution < -0.4 is 9.47 Å². The van der Waals surface area contributed by atoms with Crippen LogP contribution in [0.3, 0.4) is 0 Å². The topological polar surface area (TPSA) is 55.8 Å². The molecule has 136 valence electrons. The molecule has 4 heteroatoms. The van der Waals surface area contributed by atoms with Gasteiger partial charge in [0, 0.05) is 12.0 Å². The van der Waals surface area contributed by atoms with Gasteiger partial charge in [0.05, 0.1) is 0 Å². The molecule has 0 atom stereocenters. The largest absolute Gasteiger partial charge is 0.478 e. The molecule has 0 radical (unpaired) electrons. The minimum absolute atomic E-state index is 0.0605. The van der Waals surface area contributed by atoms with Crippen molar-refractivity contribution in [3.63, 3.8) is 0 Å². The number of ether oxygens (including phenoxy) is 2. The lowest BCUT2D eigenvalue weighted by molar-refractivity contribution is 0.0692. The van der Waals surface area contributed by atoms with E-state index in [4.69, 9.17) is 9.47 Å². The molecule has 0 saturated carbocycles. The quantitative estimate of drug-likeness (QED) is 0.457. The molecule has 1 aromatic rings. The van der Waals surface area contributed by atoms with Crippen LogP contribution in [0.2, 0.25) is 0 Å². The first kappa shape index (κ1) is 19.2. The van der Waals surface area contributed by atoms with Crippen LogP contribution in [-0.2, 0) is 0 Å². The van der Waals surface area contributed by atoms with E-state index >= 15 is 0 Å². The Labute approximate surface area is 150 Å². The van der Waals surface area contributed by atoms with Crippen molar-refractivity contribution in [1.29, 1.82) is 0 Å². The second-order valence-electron chi connectivity index (χ2n) is 6.41. The molecule has 0 bridgehead atoms. The summed E-state index contributed by atoms with van der Waals surface area (Å²) in [5.41, 5.74) is 0.599. The van der Waals surface area contributed by atoms with Crippen molar-refractivity contribution >= 4 is 5.97 Å². The van der Waals surface area contributed by atoms with E-state index in [1.54, 1.807) is 12.1 Å².